The second-order valence-electron chi connectivity index (χ2n) is 8.17. The number of rotatable bonds is 5. The van der Waals surface area contributed by atoms with E-state index in [4.69, 9.17) is 0 Å². The number of nitrogens with one attached hydrogen (secondary N) is 1. The zero-order chi connectivity index (χ0) is 21.9. The summed E-state index contributed by atoms with van der Waals surface area (Å²) in [5, 5.41) is 2.97. The van der Waals surface area contributed by atoms with E-state index >= 15 is 0 Å². The summed E-state index contributed by atoms with van der Waals surface area (Å²) in [6.45, 7) is 2.12. The van der Waals surface area contributed by atoms with Crippen molar-refractivity contribution in [3.63, 3.8) is 0 Å². The van der Waals surface area contributed by atoms with Crippen LogP contribution >= 0.6 is 0 Å². The van der Waals surface area contributed by atoms with E-state index in [1.165, 1.54) is 9.21 Å². The Bertz CT molecular complexity index is 827. The first-order valence-electron chi connectivity index (χ1n) is 10.2. The van der Waals surface area contributed by atoms with Crippen LogP contribution in [-0.2, 0) is 14.8 Å². The molecule has 10 heteroatoms. The molecular weight excluding hydrogens is 419 g/mol. The molecule has 2 aliphatic rings. The monoisotopic (exact) mass is 447 g/mol. The number of nitrogens with zero attached hydrogens (tertiary/aromatic N) is 2. The van der Waals surface area contributed by atoms with E-state index in [9.17, 15) is 26.4 Å². The minimum Gasteiger partial charge on any atom is -0.353 e. The Kier molecular flexibility index (Phi) is 7.09. The Balaban J connectivity index is 1.46. The highest BCUT2D eigenvalue weighted by Gasteiger charge is 2.35. The smallest absolute Gasteiger partial charge is 0.353 e. The highest BCUT2D eigenvalue weighted by atomic mass is 32.2. The van der Waals surface area contributed by atoms with Crippen molar-refractivity contribution in [3.8, 4) is 0 Å². The third-order valence-electron chi connectivity index (χ3n) is 5.82. The van der Waals surface area contributed by atoms with Crippen LogP contribution in [0.1, 0.15) is 31.2 Å². The fourth-order valence-corrected chi connectivity index (χ4v) is 5.50. The first-order chi connectivity index (χ1) is 14.0. The summed E-state index contributed by atoms with van der Waals surface area (Å²) >= 11 is 0. The molecule has 30 heavy (non-hydrogen) atoms. The van der Waals surface area contributed by atoms with Crippen molar-refractivity contribution in [2.24, 2.45) is 5.92 Å². The molecule has 0 aliphatic carbocycles. The van der Waals surface area contributed by atoms with Gasteiger partial charge in [-0.25, -0.2) is 8.42 Å². The van der Waals surface area contributed by atoms with Gasteiger partial charge >= 0.3 is 6.18 Å². The summed E-state index contributed by atoms with van der Waals surface area (Å²) in [6, 6.07) is 6.61. The first-order valence-corrected chi connectivity index (χ1v) is 11.6. The quantitative estimate of drug-likeness (QED) is 0.753. The molecule has 2 aliphatic heterocycles. The molecule has 6 nitrogen and oxygen atoms in total. The third-order valence-corrected chi connectivity index (χ3v) is 7.73. The average molecular weight is 448 g/mol. The Hall–Kier alpha value is -1.65. The zero-order valence-corrected chi connectivity index (χ0v) is 17.8. The standard InChI is InChI=1S/C20H28F3N3O3S/c1-15-2-4-18(5-3-15)30(28,29)26-12-8-17(9-13-26)24-19(27)16-6-10-25(11-7-16)14-20(21,22)23/h2-5,16-17H,6-14H2,1H3,(H,24,27). The van der Waals surface area contributed by atoms with E-state index in [0.717, 1.165) is 5.56 Å². The van der Waals surface area contributed by atoms with Gasteiger partial charge in [-0.05, 0) is 57.8 Å². The van der Waals surface area contributed by atoms with Crippen LogP contribution in [0.4, 0.5) is 13.2 Å². The van der Waals surface area contributed by atoms with Crippen LogP contribution in [0.2, 0.25) is 0 Å². The molecule has 0 radical (unpaired) electrons. The molecule has 2 heterocycles. The predicted octanol–water partition coefficient (Wildman–Crippen LogP) is 2.54. The van der Waals surface area contributed by atoms with Crippen molar-refractivity contribution in [1.29, 1.82) is 0 Å². The van der Waals surface area contributed by atoms with Gasteiger partial charge < -0.3 is 5.32 Å². The van der Waals surface area contributed by atoms with Gasteiger partial charge in [-0.2, -0.15) is 17.5 Å². The van der Waals surface area contributed by atoms with Crippen molar-refractivity contribution in [2.75, 3.05) is 32.7 Å². The van der Waals surface area contributed by atoms with Gasteiger partial charge in [0.15, 0.2) is 0 Å². The lowest BCUT2D eigenvalue weighted by atomic mass is 9.95. The summed E-state index contributed by atoms with van der Waals surface area (Å²) < 4.78 is 64.4. The van der Waals surface area contributed by atoms with Crippen LogP contribution in [0.25, 0.3) is 0 Å². The Morgan fingerprint density at radius 1 is 1.03 bits per heavy atom. The molecule has 1 N–H and O–H groups in total. The van der Waals surface area contributed by atoms with E-state index in [1.54, 1.807) is 24.3 Å². The van der Waals surface area contributed by atoms with Crippen molar-refractivity contribution < 1.29 is 26.4 Å². The lowest BCUT2D eigenvalue weighted by Crippen LogP contribution is -2.49. The first kappa shape index (κ1) is 23.0. The number of alkyl halides is 3. The Labute approximate surface area is 175 Å². The molecule has 1 amide bonds. The summed E-state index contributed by atoms with van der Waals surface area (Å²) in [6.07, 6.45) is -2.37. The van der Waals surface area contributed by atoms with Gasteiger partial charge in [0.05, 0.1) is 11.4 Å². The molecule has 0 spiro atoms. The fourth-order valence-electron chi connectivity index (χ4n) is 4.03. The molecule has 3 rings (SSSR count). The maximum absolute atomic E-state index is 12.8. The minimum absolute atomic E-state index is 0.116. The molecule has 0 unspecified atom stereocenters. The average Bonchev–Trinajstić information content (AvgIpc) is 2.68. The van der Waals surface area contributed by atoms with Gasteiger partial charge in [-0.3, -0.25) is 9.69 Å². The van der Waals surface area contributed by atoms with E-state index in [-0.39, 0.29) is 35.9 Å². The van der Waals surface area contributed by atoms with Gasteiger partial charge in [0.25, 0.3) is 0 Å². The molecule has 0 bridgehead atoms. The van der Waals surface area contributed by atoms with E-state index < -0.39 is 22.7 Å². The number of piperidine rings is 2. The van der Waals surface area contributed by atoms with Crippen LogP contribution < -0.4 is 5.32 Å². The molecule has 0 aromatic heterocycles. The van der Waals surface area contributed by atoms with E-state index in [1.807, 2.05) is 6.92 Å². The van der Waals surface area contributed by atoms with Crippen molar-refractivity contribution in [3.05, 3.63) is 29.8 Å². The van der Waals surface area contributed by atoms with Gasteiger partial charge in [0, 0.05) is 25.0 Å². The minimum atomic E-state index is -4.22. The number of benzene rings is 1. The fraction of sp³-hybridized carbons (Fsp3) is 0.650. The predicted molar refractivity (Wildman–Crippen MR) is 106 cm³/mol. The Morgan fingerprint density at radius 3 is 2.13 bits per heavy atom. The largest absolute Gasteiger partial charge is 0.401 e. The van der Waals surface area contributed by atoms with Crippen LogP contribution in [0.3, 0.4) is 0 Å². The number of carbonyl (C=O) groups excluding carboxylic acids is 1. The van der Waals surface area contributed by atoms with Gasteiger partial charge in [-0.15, -0.1) is 0 Å². The van der Waals surface area contributed by atoms with Gasteiger partial charge in [0.2, 0.25) is 15.9 Å². The van der Waals surface area contributed by atoms with Crippen LogP contribution in [-0.4, -0.2) is 68.5 Å². The van der Waals surface area contributed by atoms with Crippen molar-refractivity contribution >= 4 is 15.9 Å². The van der Waals surface area contributed by atoms with Crippen molar-refractivity contribution in [1.82, 2.24) is 14.5 Å². The molecule has 0 atom stereocenters. The molecule has 168 valence electrons. The zero-order valence-electron chi connectivity index (χ0n) is 17.0. The van der Waals surface area contributed by atoms with Crippen molar-refractivity contribution in [2.45, 2.75) is 49.7 Å². The maximum Gasteiger partial charge on any atom is 0.401 e. The molecule has 1 aromatic rings. The summed E-state index contributed by atoms with van der Waals surface area (Å²) in [5.74, 6) is -0.426. The van der Waals surface area contributed by atoms with E-state index in [2.05, 4.69) is 5.32 Å². The number of hydrogen-bond donors (Lipinski definition) is 1. The summed E-state index contributed by atoms with van der Waals surface area (Å²) in [5.41, 5.74) is 0.986. The number of sulfonamides is 1. The number of carbonyl (C=O) groups is 1. The number of hydrogen-bond acceptors (Lipinski definition) is 4. The van der Waals surface area contributed by atoms with Gasteiger partial charge in [-0.1, -0.05) is 17.7 Å². The topological polar surface area (TPSA) is 69.7 Å². The van der Waals surface area contributed by atoms with Crippen LogP contribution in [0.5, 0.6) is 0 Å². The molecule has 0 saturated carbocycles. The van der Waals surface area contributed by atoms with Crippen LogP contribution in [0.15, 0.2) is 29.2 Å². The Morgan fingerprint density at radius 2 is 1.60 bits per heavy atom. The lowest BCUT2D eigenvalue weighted by Gasteiger charge is -2.34. The number of halogens is 3. The summed E-state index contributed by atoms with van der Waals surface area (Å²) in [4.78, 5) is 14.1. The maximum atomic E-state index is 12.8. The second-order valence-corrected chi connectivity index (χ2v) is 10.1. The molecule has 2 fully saturated rings. The highest BCUT2D eigenvalue weighted by molar-refractivity contribution is 7.89. The third kappa shape index (κ3) is 5.95. The molecule has 1 aromatic carbocycles. The van der Waals surface area contributed by atoms with Gasteiger partial charge in [0.1, 0.15) is 0 Å². The number of amides is 1. The highest BCUT2D eigenvalue weighted by Crippen LogP contribution is 2.24. The number of likely N-dealkylation sites (tertiary alicyclic amines) is 1. The summed E-state index contributed by atoms with van der Waals surface area (Å²) in [7, 11) is -3.55. The number of aryl methyl sites for hydroxylation is 1. The SMILES string of the molecule is Cc1ccc(S(=O)(=O)N2CCC(NC(=O)C3CCN(CC(F)(F)F)CC3)CC2)cc1. The van der Waals surface area contributed by atoms with E-state index in [0.29, 0.717) is 38.8 Å². The lowest BCUT2D eigenvalue weighted by molar-refractivity contribution is -0.149. The molecule has 2 saturated heterocycles. The normalized spacial score (nSPS) is 20.9. The van der Waals surface area contributed by atoms with Crippen LogP contribution in [0, 0.1) is 12.8 Å². The second kappa shape index (κ2) is 9.23. The molecular formula is C20H28F3N3O3S.